The topological polar surface area (TPSA) is 9.23 Å². The fourth-order valence-electron chi connectivity index (χ4n) is 7.08. The van der Waals surface area contributed by atoms with Gasteiger partial charge in [-0.1, -0.05) is 31.1 Å². The molecule has 1 aromatic carbocycles. The summed E-state index contributed by atoms with van der Waals surface area (Å²) in [5.41, 5.74) is 0.818. The summed E-state index contributed by atoms with van der Waals surface area (Å²) >= 11 is 0. The zero-order valence-electron chi connectivity index (χ0n) is 19.8. The average Bonchev–Trinajstić information content (AvgIpc) is 2.79. The van der Waals surface area contributed by atoms with E-state index in [0.717, 1.165) is 54.6 Å². The molecule has 4 rings (SSSR count). The molecule has 0 amide bonds. The van der Waals surface area contributed by atoms with Crippen molar-refractivity contribution in [2.45, 2.75) is 96.3 Å². The molecule has 0 radical (unpaired) electrons. The van der Waals surface area contributed by atoms with Crippen molar-refractivity contribution in [1.29, 1.82) is 0 Å². The molecule has 3 aliphatic rings. The summed E-state index contributed by atoms with van der Waals surface area (Å²) in [7, 11) is 0. The largest absolute Gasteiger partial charge is 0.573 e. The molecule has 184 valence electrons. The monoisotopic (exact) mass is 466 g/mol. The number of benzene rings is 1. The second-order valence-corrected chi connectivity index (χ2v) is 10.8. The summed E-state index contributed by atoms with van der Waals surface area (Å²) in [6, 6.07) is 4.01. The average molecular weight is 467 g/mol. The lowest BCUT2D eigenvalue weighted by Crippen LogP contribution is -2.34. The number of hydrogen-bond donors (Lipinski definition) is 0. The fraction of sp³-hybridized carbons (Fsp3) is 0.714. The van der Waals surface area contributed by atoms with Gasteiger partial charge in [-0.2, -0.15) is 0 Å². The van der Waals surface area contributed by atoms with Gasteiger partial charge in [-0.3, -0.25) is 0 Å². The Labute approximate surface area is 196 Å². The highest BCUT2D eigenvalue weighted by Crippen LogP contribution is 2.51. The third kappa shape index (κ3) is 6.54. The molecule has 0 aromatic heterocycles. The molecule has 0 N–H and O–H groups in total. The minimum Gasteiger partial charge on any atom is -0.403 e. The van der Waals surface area contributed by atoms with E-state index in [9.17, 15) is 17.6 Å². The van der Waals surface area contributed by atoms with Gasteiger partial charge in [0.05, 0.1) is 0 Å². The van der Waals surface area contributed by atoms with Crippen LogP contribution in [0, 0.1) is 35.4 Å². The molecule has 4 unspecified atom stereocenters. The first-order chi connectivity index (χ1) is 15.8. The summed E-state index contributed by atoms with van der Waals surface area (Å²) < 4.78 is 55.3. The van der Waals surface area contributed by atoms with Gasteiger partial charge in [0.2, 0.25) is 0 Å². The van der Waals surface area contributed by atoms with Gasteiger partial charge in [-0.25, -0.2) is 4.39 Å². The Hall–Kier alpha value is -1.52. The fourth-order valence-corrected chi connectivity index (χ4v) is 7.08. The normalized spacial score (nSPS) is 33.1. The number of halogens is 4. The second kappa shape index (κ2) is 10.8. The van der Waals surface area contributed by atoms with Crippen LogP contribution >= 0.6 is 0 Å². The zero-order chi connectivity index (χ0) is 23.4. The standard InChI is InChI=1S/C28H38F4O/c1-2-3-4-5-19-6-8-20(9-7-19)21-10-11-23-17-24(13-12-22(23)16-21)25-14-15-27(26(29)18-25)33-28(30,31)32/h2-3,14-15,18-24H,4-13,16-17H2,1H3/b3-2+. The number of allylic oxidation sites excluding steroid dienone is 2. The molecular weight excluding hydrogens is 428 g/mol. The molecule has 0 spiro atoms. The van der Waals surface area contributed by atoms with Gasteiger partial charge in [0.15, 0.2) is 11.6 Å². The van der Waals surface area contributed by atoms with E-state index in [1.807, 2.05) is 0 Å². The Balaban J connectivity index is 1.27. The highest BCUT2D eigenvalue weighted by Gasteiger charge is 2.39. The highest BCUT2D eigenvalue weighted by molar-refractivity contribution is 5.32. The maximum atomic E-state index is 14.2. The smallest absolute Gasteiger partial charge is 0.403 e. The minimum absolute atomic E-state index is 0.241. The van der Waals surface area contributed by atoms with Crippen LogP contribution in [0.4, 0.5) is 17.6 Å². The van der Waals surface area contributed by atoms with E-state index in [0.29, 0.717) is 5.92 Å². The summed E-state index contributed by atoms with van der Waals surface area (Å²) in [5.74, 6) is 2.71. The minimum atomic E-state index is -4.87. The Bertz CT molecular complexity index is 794. The first-order valence-corrected chi connectivity index (χ1v) is 13.0. The van der Waals surface area contributed by atoms with Crippen LogP contribution in [0.15, 0.2) is 30.4 Å². The van der Waals surface area contributed by atoms with Crippen molar-refractivity contribution >= 4 is 0 Å². The van der Waals surface area contributed by atoms with E-state index >= 15 is 0 Å². The maximum absolute atomic E-state index is 14.2. The van der Waals surface area contributed by atoms with Crippen LogP contribution in [0.3, 0.4) is 0 Å². The van der Waals surface area contributed by atoms with Crippen LogP contribution in [0.1, 0.15) is 95.5 Å². The lowest BCUT2D eigenvalue weighted by molar-refractivity contribution is -0.275. The van der Waals surface area contributed by atoms with Crippen molar-refractivity contribution in [3.05, 3.63) is 41.7 Å². The van der Waals surface area contributed by atoms with Crippen molar-refractivity contribution in [3.8, 4) is 5.75 Å². The number of fused-ring (bicyclic) bond motifs is 1. The summed E-state index contributed by atoms with van der Waals surface area (Å²) in [4.78, 5) is 0. The van der Waals surface area contributed by atoms with Crippen LogP contribution in [-0.2, 0) is 0 Å². The van der Waals surface area contributed by atoms with Gasteiger partial charge in [0.25, 0.3) is 0 Å². The lowest BCUT2D eigenvalue weighted by Gasteiger charge is -2.45. The molecule has 0 bridgehead atoms. The van der Waals surface area contributed by atoms with E-state index in [1.165, 1.54) is 63.9 Å². The number of hydrogen-bond acceptors (Lipinski definition) is 1. The molecule has 33 heavy (non-hydrogen) atoms. The molecule has 0 saturated heterocycles. The molecule has 0 heterocycles. The SMILES string of the molecule is C/C=C/CCC1CCC(C2CCC3CC(c4ccc(OC(F)(F)F)c(F)c4)CCC3C2)CC1. The summed E-state index contributed by atoms with van der Waals surface area (Å²) in [6.45, 7) is 2.10. The predicted molar refractivity (Wildman–Crippen MR) is 123 cm³/mol. The first kappa shape index (κ1) is 24.6. The molecule has 1 nitrogen and oxygen atoms in total. The molecule has 3 fully saturated rings. The van der Waals surface area contributed by atoms with Gasteiger partial charge in [0.1, 0.15) is 0 Å². The number of alkyl halides is 3. The van der Waals surface area contributed by atoms with Gasteiger partial charge in [-0.15, -0.1) is 13.2 Å². The molecule has 3 saturated carbocycles. The van der Waals surface area contributed by atoms with E-state index in [1.54, 1.807) is 6.07 Å². The van der Waals surface area contributed by atoms with Crippen molar-refractivity contribution in [2.24, 2.45) is 29.6 Å². The second-order valence-electron chi connectivity index (χ2n) is 10.8. The first-order valence-electron chi connectivity index (χ1n) is 13.0. The quantitative estimate of drug-likeness (QED) is 0.300. The third-order valence-electron chi connectivity index (χ3n) is 8.84. The maximum Gasteiger partial charge on any atom is 0.573 e. The van der Waals surface area contributed by atoms with Gasteiger partial charge in [0, 0.05) is 0 Å². The van der Waals surface area contributed by atoms with Gasteiger partial charge >= 0.3 is 6.36 Å². The molecule has 3 aliphatic carbocycles. The van der Waals surface area contributed by atoms with Gasteiger partial charge < -0.3 is 4.74 Å². The van der Waals surface area contributed by atoms with Gasteiger partial charge in [-0.05, 0) is 124 Å². The molecule has 0 aliphatic heterocycles. The zero-order valence-corrected chi connectivity index (χ0v) is 19.8. The molecule has 1 aromatic rings. The summed E-state index contributed by atoms with van der Waals surface area (Å²) in [6.07, 6.45) is 14.9. The van der Waals surface area contributed by atoms with Crippen molar-refractivity contribution in [2.75, 3.05) is 0 Å². The van der Waals surface area contributed by atoms with Crippen LogP contribution in [0.25, 0.3) is 0 Å². The Kier molecular flexibility index (Phi) is 8.07. The number of rotatable bonds is 6. The van der Waals surface area contributed by atoms with E-state index in [2.05, 4.69) is 23.8 Å². The van der Waals surface area contributed by atoms with Crippen LogP contribution in [0.5, 0.6) is 5.75 Å². The van der Waals surface area contributed by atoms with E-state index < -0.39 is 17.9 Å². The van der Waals surface area contributed by atoms with Crippen LogP contribution < -0.4 is 4.74 Å². The predicted octanol–water partition coefficient (Wildman–Crippen LogP) is 9.19. The molecule has 4 atom stereocenters. The lowest BCUT2D eigenvalue weighted by atomic mass is 9.60. The Morgan fingerprint density at radius 1 is 0.879 bits per heavy atom. The highest BCUT2D eigenvalue weighted by atomic mass is 19.4. The van der Waals surface area contributed by atoms with Crippen LogP contribution in [-0.4, -0.2) is 6.36 Å². The van der Waals surface area contributed by atoms with Crippen molar-refractivity contribution in [1.82, 2.24) is 0 Å². The van der Waals surface area contributed by atoms with E-state index in [4.69, 9.17) is 0 Å². The van der Waals surface area contributed by atoms with Crippen molar-refractivity contribution < 1.29 is 22.3 Å². The molecular formula is C28H38F4O. The molecule has 5 heteroatoms. The number of ether oxygens (including phenoxy) is 1. The Morgan fingerprint density at radius 3 is 2.18 bits per heavy atom. The van der Waals surface area contributed by atoms with E-state index in [-0.39, 0.29) is 5.92 Å². The van der Waals surface area contributed by atoms with Crippen molar-refractivity contribution in [3.63, 3.8) is 0 Å². The Morgan fingerprint density at radius 2 is 1.52 bits per heavy atom. The third-order valence-corrected chi connectivity index (χ3v) is 8.84. The summed E-state index contributed by atoms with van der Waals surface area (Å²) in [5, 5.41) is 0. The van der Waals surface area contributed by atoms with Crippen LogP contribution in [0.2, 0.25) is 0 Å².